The predicted octanol–water partition coefficient (Wildman–Crippen LogP) is -11.9. The third-order valence-electron chi connectivity index (χ3n) is 9.31. The molecule has 2 heterocycles. The summed E-state index contributed by atoms with van der Waals surface area (Å²) in [5, 5.41) is 48.5. The average Bonchev–Trinajstić information content (AvgIpc) is 3.31. The number of halogens is 2. The van der Waals surface area contributed by atoms with Crippen LogP contribution in [-0.2, 0) is 67.7 Å². The summed E-state index contributed by atoms with van der Waals surface area (Å²) in [6.45, 7) is 0. The third kappa shape index (κ3) is 21.6. The van der Waals surface area contributed by atoms with Gasteiger partial charge in [-0.1, -0.05) is 17.9 Å². The van der Waals surface area contributed by atoms with Crippen LogP contribution in [-0.4, -0.2) is 101 Å². The SMILES string of the molecule is O=C([O-])c1cc(S(=O)(=O)[O-])ccc1N=N[C-](N=Nc1cc(S(=O)(=O)O)cc(Nc2nc(Cl)nc(Nc3cc(S(=O)(=O)[O-])c(Nc4nc(Cl)nc(Nc5cccc(S(=O)(=O)[O-])c5)n4)cc3S(=O)(=O)[O-])n2)c1[O-])c1ccccc1.[Cu+2].[Na+].[Na+].[Na+].[Na+].[Na+]. The number of aromatic nitrogens is 6. The number of carbonyl (C=O) groups is 1. The summed E-state index contributed by atoms with van der Waals surface area (Å²) in [5.41, 5.74) is -5.13. The first kappa shape index (κ1) is 78.3. The van der Waals surface area contributed by atoms with Crippen LogP contribution in [0.3, 0.4) is 0 Å². The van der Waals surface area contributed by atoms with Gasteiger partial charge < -0.3 is 54.5 Å². The van der Waals surface area contributed by atoms with Gasteiger partial charge >= 0.3 is 165 Å². The van der Waals surface area contributed by atoms with Crippen LogP contribution in [0.1, 0.15) is 15.9 Å². The second-order valence-corrected chi connectivity index (χ2v) is 22.1. The van der Waals surface area contributed by atoms with E-state index < -0.39 is 161 Å². The van der Waals surface area contributed by atoms with Crippen molar-refractivity contribution < 1.29 is 245 Å². The molecular weight excluding hydrogens is 1350 g/mol. The van der Waals surface area contributed by atoms with Gasteiger partial charge in [-0.15, -0.1) is 17.7 Å². The van der Waals surface area contributed by atoms with Crippen molar-refractivity contribution in [1.82, 2.24) is 29.9 Å². The number of nitrogens with one attached hydrogen (secondary N) is 4. The predicted molar refractivity (Wildman–Crippen MR) is 252 cm³/mol. The van der Waals surface area contributed by atoms with E-state index in [1.165, 1.54) is 36.4 Å². The number of benzene rings is 5. The maximum absolute atomic E-state index is 13.8. The summed E-state index contributed by atoms with van der Waals surface area (Å²) in [4.78, 5) is 29.2. The molecule has 0 aliphatic heterocycles. The normalized spacial score (nSPS) is 11.5. The fraction of sp³-hybridized carbons (Fsp3) is 0. The molecule has 1 radical (unpaired) electrons. The van der Waals surface area contributed by atoms with Gasteiger partial charge in [0.2, 0.25) is 34.4 Å². The number of carboxylic acid groups (broad SMARTS) is 1. The summed E-state index contributed by atoms with van der Waals surface area (Å²) in [6.07, 6.45) is -0.516. The van der Waals surface area contributed by atoms with Gasteiger partial charge in [-0.25, -0.2) is 33.7 Å². The largest absolute Gasteiger partial charge is 2.00 e. The number of azo groups is 2. The Bertz CT molecular complexity index is 4220. The van der Waals surface area contributed by atoms with Crippen molar-refractivity contribution in [2.45, 2.75) is 24.5 Å². The molecule has 5 N–H and O–H groups in total. The molecule has 0 saturated carbocycles. The number of hydrogen-bond acceptors (Lipinski definition) is 31. The molecule has 0 atom stereocenters. The van der Waals surface area contributed by atoms with Crippen molar-refractivity contribution >= 4 is 138 Å². The molecule has 0 bridgehead atoms. The number of aromatic carboxylic acids is 1. The van der Waals surface area contributed by atoms with E-state index in [2.05, 4.69) is 71.6 Å². The van der Waals surface area contributed by atoms with Crippen molar-refractivity contribution in [2.75, 3.05) is 21.3 Å². The van der Waals surface area contributed by atoms with E-state index in [1.54, 1.807) is 6.07 Å². The quantitative estimate of drug-likeness (QED) is 0.0217. The molecule has 0 saturated heterocycles. The van der Waals surface area contributed by atoms with E-state index in [0.717, 1.165) is 24.3 Å². The second kappa shape index (κ2) is 32.0. The van der Waals surface area contributed by atoms with Gasteiger partial charge in [0.05, 0.1) is 59.4 Å². The van der Waals surface area contributed by atoms with Crippen LogP contribution in [0.15, 0.2) is 142 Å². The Morgan fingerprint density at radius 2 is 0.952 bits per heavy atom. The van der Waals surface area contributed by atoms with Crippen molar-refractivity contribution in [3.63, 3.8) is 0 Å². The molecule has 2 aromatic heterocycles. The van der Waals surface area contributed by atoms with E-state index in [4.69, 9.17) is 23.2 Å². The molecule has 32 nitrogen and oxygen atoms in total. The zero-order valence-corrected chi connectivity index (χ0v) is 58.7. The monoisotopic (exact) mass is 1370 g/mol. The minimum Gasteiger partial charge on any atom is -0.870 e. The Hall–Kier alpha value is -2.69. The van der Waals surface area contributed by atoms with Gasteiger partial charge in [0.25, 0.3) is 10.1 Å². The van der Waals surface area contributed by atoms with Crippen molar-refractivity contribution in [1.29, 1.82) is 0 Å². The molecule has 0 unspecified atom stereocenters. The fourth-order valence-electron chi connectivity index (χ4n) is 6.06. The zero-order valence-electron chi connectivity index (χ0n) is 42.2. The van der Waals surface area contributed by atoms with Crippen molar-refractivity contribution in [3.05, 3.63) is 125 Å². The number of carboxylic acids is 1. The zero-order chi connectivity index (χ0) is 56.4. The first-order valence-corrected chi connectivity index (χ1v) is 27.6. The number of carbonyl (C=O) groups excluding carboxylic acids is 1. The van der Waals surface area contributed by atoms with Crippen LogP contribution in [0.5, 0.6) is 5.75 Å². The Kier molecular flexibility index (Phi) is 30.2. The molecule has 83 heavy (non-hydrogen) atoms. The topological polar surface area (TPSA) is 521 Å². The number of anilines is 8. The summed E-state index contributed by atoms with van der Waals surface area (Å²) in [5.74, 6) is -6.08. The molecular formula is C38H21Cl2CuN14Na5O18S5. The first-order chi connectivity index (χ1) is 35.8. The Morgan fingerprint density at radius 1 is 0.506 bits per heavy atom. The van der Waals surface area contributed by atoms with E-state index in [0.29, 0.717) is 30.3 Å². The van der Waals surface area contributed by atoms with Gasteiger partial charge in [-0.3, -0.25) is 4.55 Å². The van der Waals surface area contributed by atoms with Gasteiger partial charge in [0.1, 0.15) is 40.5 Å². The summed E-state index contributed by atoms with van der Waals surface area (Å²) in [7, 11) is -26.7. The van der Waals surface area contributed by atoms with Crippen molar-refractivity contribution in [2.24, 2.45) is 20.5 Å². The minimum atomic E-state index is -5.71. The van der Waals surface area contributed by atoms with Crippen LogP contribution in [0.2, 0.25) is 10.6 Å². The van der Waals surface area contributed by atoms with Gasteiger partial charge in [0.15, 0.2) is 0 Å². The second-order valence-electron chi connectivity index (χ2n) is 14.5. The molecule has 411 valence electrons. The van der Waals surface area contributed by atoms with Crippen LogP contribution in [0.25, 0.3) is 0 Å². The molecule has 0 aliphatic carbocycles. The van der Waals surface area contributed by atoms with E-state index >= 15 is 0 Å². The van der Waals surface area contributed by atoms with E-state index in [1.807, 2.05) is 0 Å². The molecule has 45 heteroatoms. The standard InChI is InChI=1S/C38H27Cl2N14O18S5.Cu.5Na/c39-33-45-35(41-18-7-4-8-19(11-18)73(58,59)60)49-36(46-33)42-24-15-29(77(70,71)72)25(16-28(24)76(67,68)69)43-37-47-34(40)48-38(50-37)44-26-13-21(75(64,65)66)14-27(30(26)55)52-54-31(17-5-2-1-3-6-17)53-51-23-10-9-20(74(61,62)63)12-22(23)32(56)57;;;;;;/h1-16,55H,(H,56,57)(H,58,59,60)(H,61,62,63)(H,64,65,66)(H,67,68,69)(H,70,71,72)(H2,41,42,45,46,49)(H2,43,44,47,48,50);;;;;;/q-1;+2;5*+1/p-6. The Balaban J connectivity index is 0.00000574. The molecule has 0 aliphatic rings. The number of hydrogen-bond donors (Lipinski definition) is 5. The number of rotatable bonds is 19. The smallest absolute Gasteiger partial charge is 0.870 e. The summed E-state index contributed by atoms with van der Waals surface area (Å²) >= 11 is 12.1. The van der Waals surface area contributed by atoms with Crippen LogP contribution < -0.4 is 179 Å². The maximum atomic E-state index is 13.8. The van der Waals surface area contributed by atoms with Crippen molar-refractivity contribution in [3.8, 4) is 5.75 Å². The summed E-state index contributed by atoms with van der Waals surface area (Å²) < 4.78 is 180. The van der Waals surface area contributed by atoms with Gasteiger partial charge in [-0.05, 0) is 83.9 Å². The van der Waals surface area contributed by atoms with Gasteiger partial charge in [-0.2, -0.15) is 70.9 Å². The molecule has 0 fully saturated rings. The van der Waals surface area contributed by atoms with Crippen LogP contribution in [0.4, 0.5) is 57.9 Å². The molecule has 0 spiro atoms. The number of nitrogens with zero attached hydrogens (tertiary/aromatic N) is 10. The Labute approximate surface area is 600 Å². The average molecular weight is 1370 g/mol. The third-order valence-corrected chi connectivity index (χ3v) is 13.9. The van der Waals surface area contributed by atoms with Crippen LogP contribution in [0, 0.1) is 6.17 Å². The molecule has 5 aromatic carbocycles. The van der Waals surface area contributed by atoms with Crippen LogP contribution >= 0.6 is 23.2 Å². The van der Waals surface area contributed by atoms with E-state index in [9.17, 15) is 79.9 Å². The molecule has 0 amide bonds. The summed E-state index contributed by atoms with van der Waals surface area (Å²) in [6, 6.07) is 15.3. The Morgan fingerprint density at radius 3 is 1.40 bits per heavy atom. The van der Waals surface area contributed by atoms with Gasteiger partial charge in [0, 0.05) is 16.9 Å². The first-order valence-electron chi connectivity index (χ1n) is 19.8. The van der Waals surface area contributed by atoms with E-state index in [-0.39, 0.29) is 176 Å². The fourth-order valence-corrected chi connectivity index (χ4v) is 9.21. The minimum absolute atomic E-state index is 0. The maximum Gasteiger partial charge on any atom is 2.00 e. The molecule has 7 rings (SSSR count). The molecule has 7 aromatic rings.